The van der Waals surface area contributed by atoms with Gasteiger partial charge in [-0.05, 0) is 85.9 Å². The monoisotopic (exact) mass is 344 g/mol. The van der Waals surface area contributed by atoms with Gasteiger partial charge < -0.3 is 10.2 Å². The van der Waals surface area contributed by atoms with Gasteiger partial charge in [-0.3, -0.25) is 0 Å². The summed E-state index contributed by atoms with van der Waals surface area (Å²) in [5.41, 5.74) is 1.92. The van der Waals surface area contributed by atoms with Gasteiger partial charge in [0.15, 0.2) is 0 Å². The summed E-state index contributed by atoms with van der Waals surface area (Å²) in [5.74, 6) is 2.60. The van der Waals surface area contributed by atoms with Crippen molar-refractivity contribution in [2.75, 3.05) is 0 Å². The van der Waals surface area contributed by atoms with Crippen molar-refractivity contribution in [3.05, 3.63) is 23.8 Å². The van der Waals surface area contributed by atoms with Crippen molar-refractivity contribution in [1.29, 1.82) is 0 Å². The highest BCUT2D eigenvalue weighted by Crippen LogP contribution is 2.66. The van der Waals surface area contributed by atoms with Gasteiger partial charge >= 0.3 is 0 Å². The smallest absolute Gasteiger partial charge is 0.0602 e. The summed E-state index contributed by atoms with van der Waals surface area (Å²) >= 11 is 0. The number of rotatable bonds is 2. The molecule has 4 aliphatic rings. The second-order valence-electron chi connectivity index (χ2n) is 9.87. The van der Waals surface area contributed by atoms with Gasteiger partial charge in [-0.2, -0.15) is 0 Å². The molecule has 3 saturated carbocycles. The fraction of sp³-hybridized carbons (Fsp3) is 0.826. The van der Waals surface area contributed by atoms with E-state index in [1.165, 1.54) is 18.4 Å². The zero-order valence-corrected chi connectivity index (χ0v) is 16.2. The minimum Gasteiger partial charge on any atom is -0.393 e. The maximum atomic E-state index is 10.9. The zero-order valence-electron chi connectivity index (χ0n) is 16.2. The Labute approximate surface area is 153 Å². The summed E-state index contributed by atoms with van der Waals surface area (Å²) < 4.78 is 0. The third-order valence-corrected chi connectivity index (χ3v) is 8.71. The highest BCUT2D eigenvalue weighted by Gasteiger charge is 2.60. The Bertz CT molecular complexity index is 579. The van der Waals surface area contributed by atoms with E-state index in [1.54, 1.807) is 0 Å². The number of hydrogen-bond acceptors (Lipinski definition) is 2. The summed E-state index contributed by atoms with van der Waals surface area (Å²) in [7, 11) is 0. The standard InChI is InChI=1S/C23H36O2/c1-4-5-6-15-13-20(25)23(3)12-10-19-18(21(15)23)8-7-16-14-17(24)9-11-22(16,19)2/h5-7,15,17-21,24-25H,4,8-14H2,1-3H3/t15-,17-,18+,19-,20-,21-,22-,23+/m0/s1. The molecule has 2 nitrogen and oxygen atoms in total. The number of aliphatic hydroxyl groups is 2. The van der Waals surface area contributed by atoms with E-state index in [4.69, 9.17) is 0 Å². The molecule has 0 aromatic rings. The molecule has 4 aliphatic carbocycles. The normalized spacial score (nSPS) is 52.4. The summed E-state index contributed by atoms with van der Waals surface area (Å²) in [6, 6.07) is 0. The van der Waals surface area contributed by atoms with Crippen LogP contribution >= 0.6 is 0 Å². The quantitative estimate of drug-likeness (QED) is 0.702. The fourth-order valence-corrected chi connectivity index (χ4v) is 7.30. The average Bonchev–Trinajstić information content (AvgIpc) is 2.84. The summed E-state index contributed by atoms with van der Waals surface area (Å²) in [6.07, 6.45) is 15.6. The summed E-state index contributed by atoms with van der Waals surface area (Å²) in [5, 5.41) is 21.0. The molecule has 2 N–H and O–H groups in total. The van der Waals surface area contributed by atoms with Crippen LogP contribution < -0.4 is 0 Å². The number of hydrogen-bond donors (Lipinski definition) is 2. The van der Waals surface area contributed by atoms with Gasteiger partial charge in [0.25, 0.3) is 0 Å². The van der Waals surface area contributed by atoms with Crippen molar-refractivity contribution < 1.29 is 10.2 Å². The van der Waals surface area contributed by atoms with Gasteiger partial charge in [-0.1, -0.05) is 44.6 Å². The van der Waals surface area contributed by atoms with Crippen molar-refractivity contribution >= 4 is 0 Å². The van der Waals surface area contributed by atoms with Crippen LogP contribution in [0.3, 0.4) is 0 Å². The molecule has 3 fully saturated rings. The van der Waals surface area contributed by atoms with Crippen LogP contribution in [0.5, 0.6) is 0 Å². The van der Waals surface area contributed by atoms with Crippen molar-refractivity contribution in [1.82, 2.24) is 0 Å². The van der Waals surface area contributed by atoms with Crippen LogP contribution in [0.15, 0.2) is 23.8 Å². The Morgan fingerprint density at radius 1 is 1.20 bits per heavy atom. The SMILES string of the molecule is CCC=C[C@H]1C[C@H](O)[C@@]2(C)CC[C@H]3[C@@H](CC=C4C[C@@H](O)CC[C@@]43C)[C@H]12. The fourth-order valence-electron chi connectivity index (χ4n) is 7.30. The predicted octanol–water partition coefficient (Wildman–Crippen LogP) is 4.86. The molecule has 4 rings (SSSR count). The zero-order chi connectivity index (χ0) is 17.8. The average molecular weight is 345 g/mol. The lowest BCUT2D eigenvalue weighted by molar-refractivity contribution is -0.0759. The Kier molecular flexibility index (Phi) is 4.44. The lowest BCUT2D eigenvalue weighted by atomic mass is 9.47. The van der Waals surface area contributed by atoms with Crippen LogP contribution in [-0.2, 0) is 0 Å². The first-order chi connectivity index (χ1) is 11.9. The molecule has 0 unspecified atom stereocenters. The molecule has 0 radical (unpaired) electrons. The Hall–Kier alpha value is -0.600. The maximum absolute atomic E-state index is 10.9. The van der Waals surface area contributed by atoms with Gasteiger partial charge in [-0.15, -0.1) is 0 Å². The van der Waals surface area contributed by atoms with Crippen LogP contribution in [0.2, 0.25) is 0 Å². The van der Waals surface area contributed by atoms with E-state index in [9.17, 15) is 10.2 Å². The van der Waals surface area contributed by atoms with Gasteiger partial charge in [0.1, 0.15) is 0 Å². The lowest BCUT2D eigenvalue weighted by Gasteiger charge is -2.58. The molecule has 0 bridgehead atoms. The van der Waals surface area contributed by atoms with Crippen LogP contribution in [0.4, 0.5) is 0 Å². The first kappa shape index (κ1) is 17.8. The van der Waals surface area contributed by atoms with Crippen molar-refractivity contribution in [2.45, 2.75) is 84.3 Å². The summed E-state index contributed by atoms with van der Waals surface area (Å²) in [6.45, 7) is 7.05. The van der Waals surface area contributed by atoms with Gasteiger partial charge in [0, 0.05) is 0 Å². The first-order valence-electron chi connectivity index (χ1n) is 10.6. The second kappa shape index (κ2) is 6.23. The summed E-state index contributed by atoms with van der Waals surface area (Å²) in [4.78, 5) is 0. The van der Waals surface area contributed by atoms with E-state index in [0.717, 1.165) is 44.4 Å². The lowest BCUT2D eigenvalue weighted by Crippen LogP contribution is -2.52. The maximum Gasteiger partial charge on any atom is 0.0602 e. The minimum atomic E-state index is -0.142. The van der Waals surface area contributed by atoms with Crippen molar-refractivity contribution in [3.63, 3.8) is 0 Å². The van der Waals surface area contributed by atoms with Crippen LogP contribution in [0, 0.1) is 34.5 Å². The van der Waals surface area contributed by atoms with E-state index >= 15 is 0 Å². The Morgan fingerprint density at radius 3 is 2.76 bits per heavy atom. The molecule has 0 aromatic carbocycles. The highest BCUT2D eigenvalue weighted by atomic mass is 16.3. The van der Waals surface area contributed by atoms with E-state index in [0.29, 0.717) is 17.8 Å². The first-order valence-corrected chi connectivity index (χ1v) is 10.6. The van der Waals surface area contributed by atoms with E-state index in [1.807, 2.05) is 0 Å². The molecule has 0 spiro atoms. The molecule has 8 atom stereocenters. The van der Waals surface area contributed by atoms with Crippen LogP contribution in [-0.4, -0.2) is 22.4 Å². The minimum absolute atomic E-state index is 0.0970. The number of aliphatic hydroxyl groups excluding tert-OH is 2. The highest BCUT2D eigenvalue weighted by molar-refractivity contribution is 5.26. The molecule has 0 aromatic heterocycles. The molecule has 2 heteroatoms. The molecule has 25 heavy (non-hydrogen) atoms. The molecular formula is C23H36O2. The van der Waals surface area contributed by atoms with Gasteiger partial charge in [0.2, 0.25) is 0 Å². The molecule has 140 valence electrons. The van der Waals surface area contributed by atoms with Crippen molar-refractivity contribution in [2.24, 2.45) is 34.5 Å². The van der Waals surface area contributed by atoms with Crippen molar-refractivity contribution in [3.8, 4) is 0 Å². The van der Waals surface area contributed by atoms with Crippen LogP contribution in [0.25, 0.3) is 0 Å². The van der Waals surface area contributed by atoms with Crippen LogP contribution in [0.1, 0.15) is 72.1 Å². The molecule has 0 saturated heterocycles. The third kappa shape index (κ3) is 2.58. The molecular weight excluding hydrogens is 308 g/mol. The van der Waals surface area contributed by atoms with E-state index in [2.05, 4.69) is 39.0 Å². The predicted molar refractivity (Wildman–Crippen MR) is 102 cm³/mol. The Morgan fingerprint density at radius 2 is 2.00 bits per heavy atom. The Balaban J connectivity index is 1.69. The molecule has 0 amide bonds. The third-order valence-electron chi connectivity index (χ3n) is 8.71. The van der Waals surface area contributed by atoms with E-state index in [-0.39, 0.29) is 23.0 Å². The second-order valence-corrected chi connectivity index (χ2v) is 9.87. The van der Waals surface area contributed by atoms with E-state index < -0.39 is 0 Å². The largest absolute Gasteiger partial charge is 0.393 e. The number of fused-ring (bicyclic) bond motifs is 5. The molecule has 0 aliphatic heterocycles. The molecule has 0 heterocycles. The number of allylic oxidation sites excluding steroid dienone is 3. The topological polar surface area (TPSA) is 40.5 Å². The van der Waals surface area contributed by atoms with Gasteiger partial charge in [-0.25, -0.2) is 0 Å². The van der Waals surface area contributed by atoms with Gasteiger partial charge in [0.05, 0.1) is 12.2 Å².